The minimum absolute atomic E-state index is 0.00357. The van der Waals surface area contributed by atoms with Crippen LogP contribution in [0.15, 0.2) is 45.1 Å². The second-order valence-electron chi connectivity index (χ2n) is 3.50. The van der Waals surface area contributed by atoms with E-state index in [1.807, 2.05) is 23.6 Å². The van der Waals surface area contributed by atoms with E-state index in [1.54, 1.807) is 23.1 Å². The van der Waals surface area contributed by atoms with E-state index in [0.717, 1.165) is 20.1 Å². The van der Waals surface area contributed by atoms with Crippen LogP contribution in [0.2, 0.25) is 5.02 Å². The summed E-state index contributed by atoms with van der Waals surface area (Å²) < 4.78 is 1.09. The topological polar surface area (TPSA) is 26.0 Å². The maximum atomic E-state index is 6.11. The Morgan fingerprint density at radius 2 is 2.00 bits per heavy atom. The van der Waals surface area contributed by atoms with Crippen LogP contribution in [0, 0.1) is 0 Å². The average molecular weight is 349 g/mol. The maximum absolute atomic E-state index is 6.11. The predicted octanol–water partition coefficient (Wildman–Crippen LogP) is 4.96. The lowest BCUT2D eigenvalue weighted by atomic mass is 10.3. The number of rotatable bonds is 4. The van der Waals surface area contributed by atoms with Gasteiger partial charge in [0.25, 0.3) is 0 Å². The maximum Gasteiger partial charge on any atom is 0.0561 e. The van der Waals surface area contributed by atoms with Crippen LogP contribution in [0.4, 0.5) is 0 Å². The van der Waals surface area contributed by atoms with E-state index >= 15 is 0 Å². The third kappa shape index (κ3) is 3.73. The molecule has 5 heteroatoms. The van der Waals surface area contributed by atoms with Crippen LogP contribution in [0.1, 0.15) is 10.9 Å². The molecule has 0 aliphatic heterocycles. The summed E-state index contributed by atoms with van der Waals surface area (Å²) in [6.45, 7) is 0. The van der Waals surface area contributed by atoms with Crippen molar-refractivity contribution in [2.24, 2.45) is 5.73 Å². The molecule has 1 unspecified atom stereocenters. The van der Waals surface area contributed by atoms with E-state index in [4.69, 9.17) is 17.3 Å². The second-order valence-corrected chi connectivity index (χ2v) is 6.87. The molecule has 0 amide bonds. The van der Waals surface area contributed by atoms with E-state index in [2.05, 4.69) is 28.1 Å². The van der Waals surface area contributed by atoms with E-state index in [0.29, 0.717) is 0 Å². The fraction of sp³-hybridized carbons (Fsp3) is 0.167. The molecule has 1 heterocycles. The van der Waals surface area contributed by atoms with Gasteiger partial charge < -0.3 is 5.73 Å². The first-order valence-corrected chi connectivity index (χ1v) is 8.07. The van der Waals surface area contributed by atoms with Crippen molar-refractivity contribution < 1.29 is 0 Å². The van der Waals surface area contributed by atoms with Crippen molar-refractivity contribution in [3.63, 3.8) is 0 Å². The normalized spacial score (nSPS) is 12.6. The zero-order valence-corrected chi connectivity index (χ0v) is 12.9. The highest BCUT2D eigenvalue weighted by Crippen LogP contribution is 2.31. The molecule has 1 atom stereocenters. The highest BCUT2D eigenvalue weighted by atomic mass is 79.9. The molecule has 0 aliphatic rings. The van der Waals surface area contributed by atoms with Gasteiger partial charge in [-0.25, -0.2) is 0 Å². The summed E-state index contributed by atoms with van der Waals surface area (Å²) in [5, 5.41) is 2.75. The van der Waals surface area contributed by atoms with Gasteiger partial charge in [0, 0.05) is 26.0 Å². The molecule has 2 aromatic rings. The molecule has 0 spiro atoms. The number of halogens is 2. The Kier molecular flexibility index (Phi) is 4.94. The summed E-state index contributed by atoms with van der Waals surface area (Å²) in [7, 11) is 0. The van der Waals surface area contributed by atoms with Crippen molar-refractivity contribution in [1.82, 2.24) is 0 Å². The fourth-order valence-electron chi connectivity index (χ4n) is 1.36. The first kappa shape index (κ1) is 13.4. The Morgan fingerprint density at radius 1 is 1.29 bits per heavy atom. The summed E-state index contributed by atoms with van der Waals surface area (Å²) in [5.41, 5.74) is 6.11. The Morgan fingerprint density at radius 3 is 2.59 bits per heavy atom. The molecule has 1 aromatic heterocycles. The molecule has 0 saturated heterocycles. The lowest BCUT2D eigenvalue weighted by Crippen LogP contribution is -2.11. The molecule has 2 rings (SSSR count). The first-order valence-electron chi connectivity index (χ1n) is 5.03. The van der Waals surface area contributed by atoms with Crippen molar-refractivity contribution in [2.45, 2.75) is 10.9 Å². The number of thioether (sulfide) groups is 1. The van der Waals surface area contributed by atoms with Gasteiger partial charge >= 0.3 is 0 Å². The van der Waals surface area contributed by atoms with E-state index in [1.165, 1.54) is 4.90 Å². The number of hydrogen-bond acceptors (Lipinski definition) is 3. The van der Waals surface area contributed by atoms with Crippen molar-refractivity contribution in [3.8, 4) is 0 Å². The van der Waals surface area contributed by atoms with Gasteiger partial charge in [-0.15, -0.1) is 23.1 Å². The van der Waals surface area contributed by atoms with Crippen molar-refractivity contribution in [1.29, 1.82) is 0 Å². The SMILES string of the molecule is NC(CSc1ccc(Br)cc1)c1sccc1Cl. The van der Waals surface area contributed by atoms with Gasteiger partial charge in [-0.2, -0.15) is 0 Å². The molecule has 2 N–H and O–H groups in total. The minimum Gasteiger partial charge on any atom is -0.323 e. The molecular weight excluding hydrogens is 338 g/mol. The Hall–Kier alpha value is -0.0000000000000000555. The number of hydrogen-bond donors (Lipinski definition) is 1. The predicted molar refractivity (Wildman–Crippen MR) is 81.1 cm³/mol. The van der Waals surface area contributed by atoms with Gasteiger partial charge in [-0.3, -0.25) is 0 Å². The number of nitrogens with two attached hydrogens (primary N) is 1. The van der Waals surface area contributed by atoms with Gasteiger partial charge in [0.05, 0.1) is 5.02 Å². The van der Waals surface area contributed by atoms with Gasteiger partial charge in [0.2, 0.25) is 0 Å². The summed E-state index contributed by atoms with van der Waals surface area (Å²) in [5.74, 6) is 0.835. The number of benzene rings is 1. The molecule has 90 valence electrons. The third-order valence-electron chi connectivity index (χ3n) is 2.22. The minimum atomic E-state index is -0.00357. The third-order valence-corrected chi connectivity index (χ3v) is 5.38. The summed E-state index contributed by atoms with van der Waals surface area (Å²) in [6.07, 6.45) is 0. The summed E-state index contributed by atoms with van der Waals surface area (Å²) in [4.78, 5) is 2.28. The van der Waals surface area contributed by atoms with Crippen LogP contribution in [0.3, 0.4) is 0 Å². The molecule has 0 fully saturated rings. The lowest BCUT2D eigenvalue weighted by Gasteiger charge is -2.10. The van der Waals surface area contributed by atoms with Gasteiger partial charge in [0.1, 0.15) is 0 Å². The highest BCUT2D eigenvalue weighted by Gasteiger charge is 2.11. The lowest BCUT2D eigenvalue weighted by molar-refractivity contribution is 0.852. The van der Waals surface area contributed by atoms with Gasteiger partial charge in [-0.05, 0) is 35.7 Å². The Bertz CT molecular complexity index is 484. The van der Waals surface area contributed by atoms with Crippen molar-refractivity contribution >= 4 is 50.6 Å². The van der Waals surface area contributed by atoms with Crippen molar-refractivity contribution in [2.75, 3.05) is 5.75 Å². The monoisotopic (exact) mass is 347 g/mol. The first-order chi connectivity index (χ1) is 8.16. The summed E-state index contributed by atoms with van der Waals surface area (Å²) in [6, 6.07) is 10.1. The van der Waals surface area contributed by atoms with Crippen LogP contribution in [0.5, 0.6) is 0 Å². The summed E-state index contributed by atoms with van der Waals surface area (Å²) >= 11 is 12.8. The zero-order valence-electron chi connectivity index (χ0n) is 8.90. The van der Waals surface area contributed by atoms with E-state index < -0.39 is 0 Å². The molecule has 0 bridgehead atoms. The quantitative estimate of drug-likeness (QED) is 0.791. The van der Waals surface area contributed by atoms with Crippen LogP contribution in [-0.4, -0.2) is 5.75 Å². The highest BCUT2D eigenvalue weighted by molar-refractivity contribution is 9.10. The smallest absolute Gasteiger partial charge is 0.0561 e. The molecular formula is C12H11BrClNS2. The van der Waals surface area contributed by atoms with Crippen molar-refractivity contribution in [3.05, 3.63) is 50.1 Å². The second kappa shape index (κ2) is 6.25. The largest absolute Gasteiger partial charge is 0.323 e. The molecule has 17 heavy (non-hydrogen) atoms. The Labute approximate surface area is 122 Å². The van der Waals surface area contributed by atoms with Crippen LogP contribution in [0.25, 0.3) is 0 Å². The average Bonchev–Trinajstić information content (AvgIpc) is 2.74. The van der Waals surface area contributed by atoms with Crippen LogP contribution < -0.4 is 5.73 Å². The van der Waals surface area contributed by atoms with Crippen LogP contribution in [-0.2, 0) is 0 Å². The Balaban J connectivity index is 1.94. The van der Waals surface area contributed by atoms with E-state index in [-0.39, 0.29) is 6.04 Å². The molecule has 0 saturated carbocycles. The van der Waals surface area contributed by atoms with E-state index in [9.17, 15) is 0 Å². The molecule has 1 nitrogen and oxygen atoms in total. The number of thiophene rings is 1. The van der Waals surface area contributed by atoms with Crippen LogP contribution >= 0.6 is 50.6 Å². The zero-order chi connectivity index (χ0) is 12.3. The molecule has 0 aliphatic carbocycles. The molecule has 1 aromatic carbocycles. The standard InChI is InChI=1S/C12H11BrClNS2/c13-8-1-3-9(4-2-8)17-7-11(15)12-10(14)5-6-16-12/h1-6,11H,7,15H2. The van der Waals surface area contributed by atoms with Gasteiger partial charge in [-0.1, -0.05) is 27.5 Å². The van der Waals surface area contributed by atoms with Gasteiger partial charge in [0.15, 0.2) is 0 Å². The fourth-order valence-corrected chi connectivity index (χ4v) is 3.80. The molecule has 0 radical (unpaired) electrons.